The topological polar surface area (TPSA) is 37.3 Å². The number of benzene rings is 1. The molecule has 1 rings (SSSR count). The van der Waals surface area contributed by atoms with E-state index in [1.165, 1.54) is 16.0 Å². The summed E-state index contributed by atoms with van der Waals surface area (Å²) in [5.74, 6) is -0.746. The summed E-state index contributed by atoms with van der Waals surface area (Å²) >= 11 is 1.69. The molecule has 0 saturated heterocycles. The fraction of sp³-hybridized carbons (Fsp3) is 0.500. The highest BCUT2D eigenvalue weighted by Crippen LogP contribution is 2.29. The van der Waals surface area contributed by atoms with E-state index in [0.29, 0.717) is 6.42 Å². The van der Waals surface area contributed by atoms with Gasteiger partial charge >= 0.3 is 5.97 Å². The lowest BCUT2D eigenvalue weighted by Crippen LogP contribution is -2.26. The van der Waals surface area contributed by atoms with Gasteiger partial charge in [0.05, 0.1) is 5.41 Å². The largest absolute Gasteiger partial charge is 0.481 e. The first-order chi connectivity index (χ1) is 7.77. The predicted molar refractivity (Wildman–Crippen MR) is 72.8 cm³/mol. The van der Waals surface area contributed by atoms with Crippen molar-refractivity contribution in [2.75, 3.05) is 6.26 Å². The fourth-order valence-electron chi connectivity index (χ4n) is 1.75. The SMILES string of the molecule is CSc1cc(C)c(C)c(CC(C)(C)C(=O)O)c1. The lowest BCUT2D eigenvalue weighted by atomic mass is 9.84. The van der Waals surface area contributed by atoms with Crippen LogP contribution in [0.1, 0.15) is 30.5 Å². The highest BCUT2D eigenvalue weighted by molar-refractivity contribution is 7.98. The van der Waals surface area contributed by atoms with Gasteiger partial charge in [-0.15, -0.1) is 11.8 Å². The molecular formula is C14H20O2S. The predicted octanol–water partition coefficient (Wildman–Crippen LogP) is 3.68. The minimum Gasteiger partial charge on any atom is -0.481 e. The van der Waals surface area contributed by atoms with Crippen molar-refractivity contribution in [3.8, 4) is 0 Å². The third-order valence-corrected chi connectivity index (χ3v) is 3.90. The van der Waals surface area contributed by atoms with Gasteiger partial charge in [-0.05, 0) is 69.2 Å². The minimum absolute atomic E-state index is 0.573. The molecule has 0 radical (unpaired) electrons. The summed E-state index contributed by atoms with van der Waals surface area (Å²) in [6.07, 6.45) is 2.61. The summed E-state index contributed by atoms with van der Waals surface area (Å²) in [5.41, 5.74) is 2.86. The maximum Gasteiger partial charge on any atom is 0.309 e. The summed E-state index contributed by atoms with van der Waals surface area (Å²) in [7, 11) is 0. The summed E-state index contributed by atoms with van der Waals surface area (Å²) < 4.78 is 0. The Hall–Kier alpha value is -0.960. The zero-order valence-electron chi connectivity index (χ0n) is 11.1. The minimum atomic E-state index is -0.746. The molecule has 2 nitrogen and oxygen atoms in total. The second kappa shape index (κ2) is 5.13. The van der Waals surface area contributed by atoms with Gasteiger partial charge in [-0.1, -0.05) is 0 Å². The van der Waals surface area contributed by atoms with Crippen LogP contribution < -0.4 is 0 Å². The van der Waals surface area contributed by atoms with Crippen molar-refractivity contribution in [1.29, 1.82) is 0 Å². The van der Waals surface area contributed by atoms with Crippen LogP contribution in [0.15, 0.2) is 17.0 Å². The molecule has 0 aliphatic heterocycles. The maximum absolute atomic E-state index is 11.2. The van der Waals surface area contributed by atoms with Crippen LogP contribution in [0.2, 0.25) is 0 Å². The second-order valence-electron chi connectivity index (χ2n) is 5.09. The average molecular weight is 252 g/mol. The number of carboxylic acid groups (broad SMARTS) is 1. The maximum atomic E-state index is 11.2. The van der Waals surface area contributed by atoms with Crippen molar-refractivity contribution in [3.05, 3.63) is 28.8 Å². The third-order valence-electron chi connectivity index (χ3n) is 3.20. The Morgan fingerprint density at radius 1 is 1.35 bits per heavy atom. The zero-order chi connectivity index (χ0) is 13.2. The van der Waals surface area contributed by atoms with Gasteiger partial charge in [0.15, 0.2) is 0 Å². The van der Waals surface area contributed by atoms with Gasteiger partial charge in [0.2, 0.25) is 0 Å². The number of aliphatic carboxylic acids is 1. The summed E-state index contributed by atoms with van der Waals surface area (Å²) in [6.45, 7) is 7.69. The van der Waals surface area contributed by atoms with E-state index in [4.69, 9.17) is 0 Å². The number of hydrogen-bond acceptors (Lipinski definition) is 2. The van der Waals surface area contributed by atoms with E-state index in [1.54, 1.807) is 25.6 Å². The Morgan fingerprint density at radius 3 is 2.41 bits per heavy atom. The van der Waals surface area contributed by atoms with Crippen LogP contribution in [0.25, 0.3) is 0 Å². The molecule has 0 atom stereocenters. The van der Waals surface area contributed by atoms with Crippen molar-refractivity contribution in [2.45, 2.75) is 39.0 Å². The molecule has 1 N–H and O–H groups in total. The molecule has 0 heterocycles. The molecule has 0 aromatic heterocycles. The van der Waals surface area contributed by atoms with Gasteiger partial charge in [-0.2, -0.15) is 0 Å². The molecule has 0 amide bonds. The average Bonchev–Trinajstić information content (AvgIpc) is 2.23. The van der Waals surface area contributed by atoms with Crippen molar-refractivity contribution in [1.82, 2.24) is 0 Å². The first-order valence-electron chi connectivity index (χ1n) is 5.65. The van der Waals surface area contributed by atoms with Crippen LogP contribution in [-0.2, 0) is 11.2 Å². The van der Waals surface area contributed by atoms with E-state index in [2.05, 4.69) is 26.0 Å². The van der Waals surface area contributed by atoms with Gasteiger partial charge in [0.25, 0.3) is 0 Å². The Bertz CT molecular complexity index is 436. The molecule has 0 aliphatic rings. The molecule has 0 aliphatic carbocycles. The van der Waals surface area contributed by atoms with E-state index in [9.17, 15) is 9.90 Å². The molecule has 0 fully saturated rings. The highest BCUT2D eigenvalue weighted by Gasteiger charge is 2.28. The first-order valence-corrected chi connectivity index (χ1v) is 6.88. The first kappa shape index (κ1) is 14.1. The van der Waals surface area contributed by atoms with Crippen molar-refractivity contribution in [3.63, 3.8) is 0 Å². The zero-order valence-corrected chi connectivity index (χ0v) is 11.9. The number of aryl methyl sites for hydroxylation is 1. The van der Waals surface area contributed by atoms with Crippen LogP contribution in [0.5, 0.6) is 0 Å². The van der Waals surface area contributed by atoms with Crippen molar-refractivity contribution in [2.24, 2.45) is 5.41 Å². The van der Waals surface area contributed by atoms with E-state index in [-0.39, 0.29) is 0 Å². The van der Waals surface area contributed by atoms with Crippen molar-refractivity contribution >= 4 is 17.7 Å². The Balaban J connectivity index is 3.14. The molecule has 0 unspecified atom stereocenters. The molecule has 17 heavy (non-hydrogen) atoms. The van der Waals surface area contributed by atoms with Gasteiger partial charge in [-0.3, -0.25) is 4.79 Å². The summed E-state index contributed by atoms with van der Waals surface area (Å²) in [5, 5.41) is 9.18. The molecule has 0 saturated carbocycles. The lowest BCUT2D eigenvalue weighted by molar-refractivity contribution is -0.146. The second-order valence-corrected chi connectivity index (χ2v) is 5.97. The number of hydrogen-bond donors (Lipinski definition) is 1. The Kier molecular flexibility index (Phi) is 4.26. The summed E-state index contributed by atoms with van der Waals surface area (Å²) in [4.78, 5) is 12.4. The van der Waals surface area contributed by atoms with E-state index in [1.807, 2.05) is 6.26 Å². The fourth-order valence-corrected chi connectivity index (χ4v) is 2.30. The molecule has 0 bridgehead atoms. The highest BCUT2D eigenvalue weighted by atomic mass is 32.2. The van der Waals surface area contributed by atoms with Crippen LogP contribution >= 0.6 is 11.8 Å². The van der Waals surface area contributed by atoms with Crippen LogP contribution in [0.3, 0.4) is 0 Å². The Labute approximate surface area is 107 Å². The van der Waals surface area contributed by atoms with Crippen molar-refractivity contribution < 1.29 is 9.90 Å². The third kappa shape index (κ3) is 3.25. The van der Waals surface area contributed by atoms with Gasteiger partial charge < -0.3 is 5.11 Å². The van der Waals surface area contributed by atoms with Crippen LogP contribution in [0.4, 0.5) is 0 Å². The normalized spacial score (nSPS) is 11.6. The quantitative estimate of drug-likeness (QED) is 0.831. The Morgan fingerprint density at radius 2 is 1.94 bits per heavy atom. The van der Waals surface area contributed by atoms with Gasteiger partial charge in [0.1, 0.15) is 0 Å². The van der Waals surface area contributed by atoms with Gasteiger partial charge in [0, 0.05) is 4.90 Å². The molecule has 94 valence electrons. The molecule has 1 aromatic carbocycles. The molecule has 1 aromatic rings. The lowest BCUT2D eigenvalue weighted by Gasteiger charge is -2.21. The monoisotopic (exact) mass is 252 g/mol. The van der Waals surface area contributed by atoms with E-state index >= 15 is 0 Å². The van der Waals surface area contributed by atoms with Gasteiger partial charge in [-0.25, -0.2) is 0 Å². The number of rotatable bonds is 4. The number of carboxylic acids is 1. The molecule has 0 spiro atoms. The molecule has 3 heteroatoms. The van der Waals surface area contributed by atoms with Crippen LogP contribution in [-0.4, -0.2) is 17.3 Å². The smallest absolute Gasteiger partial charge is 0.309 e. The number of thioether (sulfide) groups is 1. The standard InChI is InChI=1S/C14H20O2S/c1-9-6-12(17-5)7-11(10(9)2)8-14(3,4)13(15)16/h6-7H,8H2,1-5H3,(H,15,16). The van der Waals surface area contributed by atoms with E-state index < -0.39 is 11.4 Å². The number of carbonyl (C=O) groups is 1. The van der Waals surface area contributed by atoms with E-state index in [0.717, 1.165) is 5.56 Å². The van der Waals surface area contributed by atoms with Crippen LogP contribution in [0, 0.1) is 19.3 Å². The molecular weight excluding hydrogens is 232 g/mol. The summed E-state index contributed by atoms with van der Waals surface area (Å²) in [6, 6.07) is 4.26.